The minimum atomic E-state index is -3.06. The van der Waals surface area contributed by atoms with Gasteiger partial charge in [0.1, 0.15) is 5.75 Å². The molecule has 1 amide bonds. The molecule has 0 aliphatic heterocycles. The van der Waals surface area contributed by atoms with Crippen molar-refractivity contribution in [3.63, 3.8) is 0 Å². The molecule has 0 saturated heterocycles. The van der Waals surface area contributed by atoms with Gasteiger partial charge in [0, 0.05) is 18.0 Å². The highest BCUT2D eigenvalue weighted by molar-refractivity contribution is 7.91. The van der Waals surface area contributed by atoms with Crippen molar-refractivity contribution in [2.24, 2.45) is 0 Å². The van der Waals surface area contributed by atoms with Gasteiger partial charge in [0.25, 0.3) is 5.91 Å². The van der Waals surface area contributed by atoms with Crippen LogP contribution in [0, 0.1) is 0 Å². The fourth-order valence-corrected chi connectivity index (χ4v) is 1.96. The number of carbonyl (C=O) groups excluding carboxylic acids is 1. The molecule has 0 radical (unpaired) electrons. The van der Waals surface area contributed by atoms with Crippen molar-refractivity contribution in [1.82, 2.24) is 5.32 Å². The number of ether oxygens (including phenoxy) is 1. The molecule has 0 unspecified atom stereocenters. The second kappa shape index (κ2) is 6.98. The fraction of sp³-hybridized carbons (Fsp3) is 0.417. The van der Waals surface area contributed by atoms with E-state index in [9.17, 15) is 13.2 Å². The number of hydrogen-bond acceptors (Lipinski definition) is 5. The van der Waals surface area contributed by atoms with Crippen LogP contribution in [0.25, 0.3) is 0 Å². The van der Waals surface area contributed by atoms with Gasteiger partial charge < -0.3 is 15.8 Å². The summed E-state index contributed by atoms with van der Waals surface area (Å²) in [6, 6.07) is 6.65. The Morgan fingerprint density at radius 1 is 1.32 bits per heavy atom. The summed E-state index contributed by atoms with van der Waals surface area (Å²) in [5, 5.41) is 2.49. The average molecular weight is 286 g/mol. The largest absolute Gasteiger partial charge is 0.484 e. The molecule has 0 saturated carbocycles. The lowest BCUT2D eigenvalue weighted by molar-refractivity contribution is -0.122. The quantitative estimate of drug-likeness (QED) is 0.698. The Bertz CT molecular complexity index is 511. The topological polar surface area (TPSA) is 98.5 Å². The number of nitrogen functional groups attached to an aromatic ring is 1. The minimum Gasteiger partial charge on any atom is -0.484 e. The summed E-state index contributed by atoms with van der Waals surface area (Å²) in [6.45, 7) is 1.51. The summed E-state index contributed by atoms with van der Waals surface area (Å²) in [5.74, 6) is 0.190. The second-order valence-electron chi connectivity index (χ2n) is 3.94. The zero-order chi connectivity index (χ0) is 14.3. The number of amides is 1. The van der Waals surface area contributed by atoms with Gasteiger partial charge in [-0.1, -0.05) is 6.92 Å². The maximum absolute atomic E-state index is 11.4. The van der Waals surface area contributed by atoms with Crippen LogP contribution in [0.15, 0.2) is 24.3 Å². The van der Waals surface area contributed by atoms with E-state index in [1.54, 1.807) is 31.2 Å². The number of carbonyl (C=O) groups is 1. The van der Waals surface area contributed by atoms with Crippen LogP contribution in [0.4, 0.5) is 5.69 Å². The van der Waals surface area contributed by atoms with Crippen molar-refractivity contribution in [3.05, 3.63) is 24.3 Å². The van der Waals surface area contributed by atoms with Gasteiger partial charge in [0.15, 0.2) is 16.4 Å². The van der Waals surface area contributed by atoms with E-state index in [2.05, 4.69) is 5.32 Å². The van der Waals surface area contributed by atoms with E-state index < -0.39 is 9.84 Å². The van der Waals surface area contributed by atoms with Gasteiger partial charge in [0.05, 0.1) is 5.75 Å². The van der Waals surface area contributed by atoms with Gasteiger partial charge in [-0.3, -0.25) is 4.79 Å². The van der Waals surface area contributed by atoms with Gasteiger partial charge in [0.2, 0.25) is 0 Å². The molecule has 0 bridgehead atoms. The van der Waals surface area contributed by atoms with Crippen LogP contribution in [0.2, 0.25) is 0 Å². The van der Waals surface area contributed by atoms with Crippen LogP contribution >= 0.6 is 0 Å². The predicted molar refractivity (Wildman–Crippen MR) is 73.7 cm³/mol. The molecule has 1 aromatic rings. The minimum absolute atomic E-state index is 0.0584. The van der Waals surface area contributed by atoms with Crippen molar-refractivity contribution in [3.8, 4) is 5.75 Å². The van der Waals surface area contributed by atoms with Crippen molar-refractivity contribution in [2.45, 2.75) is 6.92 Å². The van der Waals surface area contributed by atoms with Crippen LogP contribution in [0.3, 0.4) is 0 Å². The number of rotatable bonds is 7. The van der Waals surface area contributed by atoms with Gasteiger partial charge >= 0.3 is 0 Å². The molecule has 6 nitrogen and oxygen atoms in total. The Morgan fingerprint density at radius 2 is 1.95 bits per heavy atom. The van der Waals surface area contributed by atoms with Gasteiger partial charge in [-0.05, 0) is 24.3 Å². The Hall–Kier alpha value is -1.76. The number of hydrogen-bond donors (Lipinski definition) is 2. The molecule has 1 aromatic carbocycles. The molecule has 0 aromatic heterocycles. The molecule has 7 heteroatoms. The Kier molecular flexibility index (Phi) is 5.62. The van der Waals surface area contributed by atoms with Crippen LogP contribution in [0.5, 0.6) is 5.75 Å². The summed E-state index contributed by atoms with van der Waals surface area (Å²) in [6.07, 6.45) is 0. The molecule has 0 aliphatic rings. The first-order chi connectivity index (χ1) is 8.93. The summed E-state index contributed by atoms with van der Waals surface area (Å²) in [4.78, 5) is 11.4. The molecule has 0 spiro atoms. The van der Waals surface area contributed by atoms with E-state index in [1.165, 1.54) is 0 Å². The second-order valence-corrected chi connectivity index (χ2v) is 6.42. The number of anilines is 1. The first kappa shape index (κ1) is 15.3. The average Bonchev–Trinajstić information content (AvgIpc) is 2.38. The Balaban J connectivity index is 2.27. The third-order valence-electron chi connectivity index (χ3n) is 2.43. The van der Waals surface area contributed by atoms with Crippen molar-refractivity contribution in [1.29, 1.82) is 0 Å². The standard InChI is InChI=1S/C12H18N2O4S/c1-2-19(16,17)8-7-14-12(15)9-18-11-5-3-10(13)4-6-11/h3-6H,2,7-9,13H2,1H3,(H,14,15). The summed E-state index contributed by atoms with van der Waals surface area (Å²) in [5.41, 5.74) is 6.12. The molecular formula is C12H18N2O4S. The number of nitrogens with one attached hydrogen (secondary N) is 1. The van der Waals surface area contributed by atoms with Crippen LogP contribution in [0.1, 0.15) is 6.92 Å². The van der Waals surface area contributed by atoms with E-state index >= 15 is 0 Å². The first-order valence-corrected chi connectivity index (χ1v) is 7.70. The zero-order valence-corrected chi connectivity index (χ0v) is 11.6. The molecule has 19 heavy (non-hydrogen) atoms. The molecule has 0 atom stereocenters. The lowest BCUT2D eigenvalue weighted by Crippen LogP contribution is -2.33. The fourth-order valence-electron chi connectivity index (χ4n) is 1.25. The van der Waals surface area contributed by atoms with E-state index in [-0.39, 0.29) is 30.6 Å². The van der Waals surface area contributed by atoms with Crippen molar-refractivity contribution < 1.29 is 17.9 Å². The third-order valence-corrected chi connectivity index (χ3v) is 4.13. The number of benzene rings is 1. The monoisotopic (exact) mass is 286 g/mol. The summed E-state index contributed by atoms with van der Waals surface area (Å²) >= 11 is 0. The van der Waals surface area contributed by atoms with E-state index in [0.717, 1.165) is 0 Å². The molecular weight excluding hydrogens is 268 g/mol. The highest BCUT2D eigenvalue weighted by Gasteiger charge is 2.08. The molecule has 0 aliphatic carbocycles. The predicted octanol–water partition coefficient (Wildman–Crippen LogP) is 0.199. The number of nitrogens with two attached hydrogens (primary N) is 1. The molecule has 106 valence electrons. The lowest BCUT2D eigenvalue weighted by atomic mass is 10.3. The van der Waals surface area contributed by atoms with E-state index in [4.69, 9.17) is 10.5 Å². The lowest BCUT2D eigenvalue weighted by Gasteiger charge is -2.07. The van der Waals surface area contributed by atoms with Crippen molar-refractivity contribution in [2.75, 3.05) is 30.4 Å². The van der Waals surface area contributed by atoms with Crippen molar-refractivity contribution >= 4 is 21.4 Å². The summed E-state index contributed by atoms with van der Waals surface area (Å²) < 4.78 is 27.6. The van der Waals surface area contributed by atoms with Gasteiger partial charge in [-0.15, -0.1) is 0 Å². The Morgan fingerprint density at radius 3 is 2.53 bits per heavy atom. The van der Waals surface area contributed by atoms with Crippen LogP contribution in [-0.2, 0) is 14.6 Å². The van der Waals surface area contributed by atoms with Gasteiger partial charge in [-0.25, -0.2) is 8.42 Å². The molecule has 0 fully saturated rings. The zero-order valence-electron chi connectivity index (χ0n) is 10.8. The molecule has 1 rings (SSSR count). The maximum atomic E-state index is 11.4. The van der Waals surface area contributed by atoms with Gasteiger partial charge in [-0.2, -0.15) is 0 Å². The normalized spacial score (nSPS) is 11.0. The van der Waals surface area contributed by atoms with Crippen LogP contribution < -0.4 is 15.8 Å². The van der Waals surface area contributed by atoms with Crippen LogP contribution in [-0.4, -0.2) is 39.0 Å². The smallest absolute Gasteiger partial charge is 0.257 e. The maximum Gasteiger partial charge on any atom is 0.257 e. The summed E-state index contributed by atoms with van der Waals surface area (Å²) in [7, 11) is -3.06. The SMILES string of the molecule is CCS(=O)(=O)CCNC(=O)COc1ccc(N)cc1. The molecule has 0 heterocycles. The number of sulfone groups is 1. The third kappa shape index (κ3) is 6.10. The highest BCUT2D eigenvalue weighted by Crippen LogP contribution is 2.12. The van der Waals surface area contributed by atoms with E-state index in [0.29, 0.717) is 11.4 Å². The van der Waals surface area contributed by atoms with E-state index in [1.807, 2.05) is 0 Å². The first-order valence-electron chi connectivity index (χ1n) is 5.88. The Labute approximate surface area is 112 Å². The molecule has 3 N–H and O–H groups in total. The highest BCUT2D eigenvalue weighted by atomic mass is 32.2.